The number of hydrogen-bond acceptors (Lipinski definition) is 1. The van der Waals surface area contributed by atoms with Gasteiger partial charge >= 0.3 is 0 Å². The number of rotatable bonds is 4. The van der Waals surface area contributed by atoms with Crippen LogP contribution in [-0.2, 0) is 0 Å². The summed E-state index contributed by atoms with van der Waals surface area (Å²) in [7, 11) is 0. The Bertz CT molecular complexity index is 590. The van der Waals surface area contributed by atoms with Gasteiger partial charge in [0.05, 0.1) is 0 Å². The highest BCUT2D eigenvalue weighted by atomic mass is 19.1. The minimum atomic E-state index is -0.718. The molecule has 0 aliphatic heterocycles. The van der Waals surface area contributed by atoms with Crippen molar-refractivity contribution in [3.8, 4) is 11.1 Å². The first-order valence-electron chi connectivity index (χ1n) is 6.50. The van der Waals surface area contributed by atoms with E-state index >= 15 is 0 Å². The molecular weight excluding hydrogens is 263 g/mol. The van der Waals surface area contributed by atoms with Gasteiger partial charge in [0.15, 0.2) is 0 Å². The highest BCUT2D eigenvalue weighted by Crippen LogP contribution is 2.27. The van der Waals surface area contributed by atoms with E-state index in [-0.39, 0.29) is 17.2 Å². The molecule has 0 saturated carbocycles. The van der Waals surface area contributed by atoms with Crippen LogP contribution in [0.2, 0.25) is 0 Å². The lowest BCUT2D eigenvalue weighted by atomic mass is 9.99. The summed E-state index contributed by atoms with van der Waals surface area (Å²) in [5.74, 6) is -1.93. The molecule has 2 aromatic carbocycles. The third-order valence-electron chi connectivity index (χ3n) is 3.17. The molecule has 0 aliphatic carbocycles. The Balaban J connectivity index is 2.47. The summed E-state index contributed by atoms with van der Waals surface area (Å²) in [4.78, 5) is 0. The lowest BCUT2D eigenvalue weighted by molar-refractivity contribution is 0.582. The van der Waals surface area contributed by atoms with Crippen LogP contribution in [0.25, 0.3) is 11.1 Å². The van der Waals surface area contributed by atoms with Crippen LogP contribution in [0.5, 0.6) is 0 Å². The standard InChI is InChI=1S/C16H16F3N/c1-3-20-10(2)11-4-5-16(19)15(8-11)12-6-13(17)9-14(18)7-12/h4-10,20H,3H2,1-2H3. The summed E-state index contributed by atoms with van der Waals surface area (Å²) in [6, 6.07) is 7.68. The van der Waals surface area contributed by atoms with Crippen molar-refractivity contribution in [3.63, 3.8) is 0 Å². The molecule has 1 nitrogen and oxygen atoms in total. The Morgan fingerprint density at radius 1 is 1.00 bits per heavy atom. The maximum Gasteiger partial charge on any atom is 0.131 e. The quantitative estimate of drug-likeness (QED) is 0.872. The highest BCUT2D eigenvalue weighted by molar-refractivity contribution is 5.65. The van der Waals surface area contributed by atoms with Crippen LogP contribution >= 0.6 is 0 Å². The van der Waals surface area contributed by atoms with Gasteiger partial charge in [-0.1, -0.05) is 13.0 Å². The summed E-state index contributed by atoms with van der Waals surface area (Å²) in [6.07, 6.45) is 0. The van der Waals surface area contributed by atoms with Crippen LogP contribution in [0.15, 0.2) is 36.4 Å². The predicted molar refractivity (Wildman–Crippen MR) is 73.8 cm³/mol. The summed E-state index contributed by atoms with van der Waals surface area (Å²) in [5.41, 5.74) is 1.27. The van der Waals surface area contributed by atoms with Crippen LogP contribution in [0.1, 0.15) is 25.5 Å². The Hall–Kier alpha value is -1.81. The fourth-order valence-corrected chi connectivity index (χ4v) is 2.17. The molecule has 106 valence electrons. The van der Waals surface area contributed by atoms with Crippen molar-refractivity contribution in [2.45, 2.75) is 19.9 Å². The first kappa shape index (κ1) is 14.6. The normalized spacial score (nSPS) is 12.4. The molecular formula is C16H16F3N. The molecule has 0 aromatic heterocycles. The van der Waals surface area contributed by atoms with Gasteiger partial charge in [0.1, 0.15) is 17.5 Å². The third-order valence-corrected chi connectivity index (χ3v) is 3.17. The molecule has 0 heterocycles. The molecule has 2 rings (SSSR count). The van der Waals surface area contributed by atoms with Gasteiger partial charge in [0.25, 0.3) is 0 Å². The molecule has 0 saturated heterocycles. The summed E-state index contributed by atoms with van der Waals surface area (Å²) < 4.78 is 40.4. The van der Waals surface area contributed by atoms with Crippen LogP contribution in [-0.4, -0.2) is 6.54 Å². The van der Waals surface area contributed by atoms with Crippen LogP contribution in [0, 0.1) is 17.5 Å². The second-order valence-electron chi connectivity index (χ2n) is 4.68. The van der Waals surface area contributed by atoms with Gasteiger partial charge < -0.3 is 5.32 Å². The van der Waals surface area contributed by atoms with E-state index in [1.165, 1.54) is 6.07 Å². The zero-order chi connectivity index (χ0) is 14.7. The Morgan fingerprint density at radius 2 is 1.65 bits per heavy atom. The van der Waals surface area contributed by atoms with Gasteiger partial charge in [-0.3, -0.25) is 0 Å². The van der Waals surface area contributed by atoms with E-state index in [4.69, 9.17) is 0 Å². The monoisotopic (exact) mass is 279 g/mol. The molecule has 0 spiro atoms. The Morgan fingerprint density at radius 3 is 2.25 bits per heavy atom. The molecule has 0 radical (unpaired) electrons. The first-order chi connectivity index (χ1) is 9.51. The maximum atomic E-state index is 13.9. The van der Waals surface area contributed by atoms with Crippen molar-refractivity contribution >= 4 is 0 Å². The maximum absolute atomic E-state index is 13.9. The average molecular weight is 279 g/mol. The lowest BCUT2D eigenvalue weighted by Crippen LogP contribution is -2.17. The fraction of sp³-hybridized carbons (Fsp3) is 0.250. The van der Waals surface area contributed by atoms with E-state index in [2.05, 4.69) is 5.32 Å². The molecule has 2 aromatic rings. The first-order valence-corrected chi connectivity index (χ1v) is 6.50. The molecule has 1 atom stereocenters. The van der Waals surface area contributed by atoms with Gasteiger partial charge in [-0.05, 0) is 48.9 Å². The van der Waals surface area contributed by atoms with E-state index < -0.39 is 17.5 Å². The van der Waals surface area contributed by atoms with Gasteiger partial charge in [-0.15, -0.1) is 0 Å². The summed E-state index contributed by atoms with van der Waals surface area (Å²) >= 11 is 0. The van der Waals surface area contributed by atoms with Crippen molar-refractivity contribution < 1.29 is 13.2 Å². The van der Waals surface area contributed by atoms with Crippen LogP contribution in [0.3, 0.4) is 0 Å². The largest absolute Gasteiger partial charge is 0.310 e. The zero-order valence-corrected chi connectivity index (χ0v) is 11.4. The summed E-state index contributed by atoms with van der Waals surface area (Å²) in [6.45, 7) is 4.71. The van der Waals surface area contributed by atoms with E-state index in [9.17, 15) is 13.2 Å². The topological polar surface area (TPSA) is 12.0 Å². The fourth-order valence-electron chi connectivity index (χ4n) is 2.17. The third kappa shape index (κ3) is 3.20. The second kappa shape index (κ2) is 6.09. The van der Waals surface area contributed by atoms with E-state index in [0.717, 1.165) is 30.3 Å². The van der Waals surface area contributed by atoms with E-state index in [0.29, 0.717) is 0 Å². The molecule has 4 heteroatoms. The minimum absolute atomic E-state index is 0.0396. The van der Waals surface area contributed by atoms with Crippen molar-refractivity contribution in [1.29, 1.82) is 0 Å². The van der Waals surface area contributed by atoms with E-state index in [1.54, 1.807) is 12.1 Å². The molecule has 0 bridgehead atoms. The Labute approximate surface area is 116 Å². The average Bonchev–Trinajstić information content (AvgIpc) is 2.38. The summed E-state index contributed by atoms with van der Waals surface area (Å²) in [5, 5.41) is 3.21. The minimum Gasteiger partial charge on any atom is -0.310 e. The van der Waals surface area contributed by atoms with Crippen LogP contribution in [0.4, 0.5) is 13.2 Å². The number of nitrogens with one attached hydrogen (secondary N) is 1. The van der Waals surface area contributed by atoms with Crippen molar-refractivity contribution in [2.75, 3.05) is 6.54 Å². The molecule has 1 unspecified atom stereocenters. The molecule has 0 fully saturated rings. The van der Waals surface area contributed by atoms with E-state index in [1.807, 2.05) is 13.8 Å². The van der Waals surface area contributed by atoms with Gasteiger partial charge in [-0.2, -0.15) is 0 Å². The van der Waals surface area contributed by atoms with Gasteiger partial charge in [0, 0.05) is 17.7 Å². The lowest BCUT2D eigenvalue weighted by Gasteiger charge is -2.14. The van der Waals surface area contributed by atoms with Crippen molar-refractivity contribution in [2.24, 2.45) is 0 Å². The van der Waals surface area contributed by atoms with Crippen molar-refractivity contribution in [3.05, 3.63) is 59.4 Å². The Kier molecular flexibility index (Phi) is 4.45. The van der Waals surface area contributed by atoms with Crippen LogP contribution < -0.4 is 5.32 Å². The second-order valence-corrected chi connectivity index (χ2v) is 4.68. The number of halogens is 3. The zero-order valence-electron chi connectivity index (χ0n) is 11.4. The molecule has 0 amide bonds. The smallest absolute Gasteiger partial charge is 0.131 e. The molecule has 0 aliphatic rings. The number of hydrogen-bond donors (Lipinski definition) is 1. The molecule has 20 heavy (non-hydrogen) atoms. The highest BCUT2D eigenvalue weighted by Gasteiger charge is 2.12. The van der Waals surface area contributed by atoms with Gasteiger partial charge in [0.2, 0.25) is 0 Å². The van der Waals surface area contributed by atoms with Crippen molar-refractivity contribution in [1.82, 2.24) is 5.32 Å². The predicted octanol–water partition coefficient (Wildman–Crippen LogP) is 4.44. The SMILES string of the molecule is CCNC(C)c1ccc(F)c(-c2cc(F)cc(F)c2)c1. The van der Waals surface area contributed by atoms with Gasteiger partial charge in [-0.25, -0.2) is 13.2 Å². The number of benzene rings is 2. The molecule has 1 N–H and O–H groups in total.